The van der Waals surface area contributed by atoms with Gasteiger partial charge in [0.05, 0.1) is 5.52 Å². The summed E-state index contributed by atoms with van der Waals surface area (Å²) in [6, 6.07) is 0. The maximum absolute atomic E-state index is 11.6. The van der Waals surface area contributed by atoms with Gasteiger partial charge >= 0.3 is 0 Å². The highest BCUT2D eigenvalue weighted by Gasteiger charge is 2.15. The lowest BCUT2D eigenvalue weighted by molar-refractivity contribution is -0.123. The van der Waals surface area contributed by atoms with Gasteiger partial charge in [-0.25, -0.2) is 9.97 Å². The van der Waals surface area contributed by atoms with E-state index in [4.69, 9.17) is 5.73 Å². The lowest BCUT2D eigenvalue weighted by Gasteiger charge is -2.11. The van der Waals surface area contributed by atoms with Gasteiger partial charge in [-0.3, -0.25) is 4.79 Å². The quantitative estimate of drug-likeness (QED) is 0.828. The molecule has 0 unspecified atom stereocenters. The number of nitrogens with zero attached hydrogens (tertiary/aromatic N) is 3. The van der Waals surface area contributed by atoms with Crippen LogP contribution in [0.2, 0.25) is 0 Å². The van der Waals surface area contributed by atoms with E-state index in [0.29, 0.717) is 12.4 Å². The third-order valence-corrected chi connectivity index (χ3v) is 3.97. The molecular formula is C16H25N5O. The Morgan fingerprint density at radius 2 is 1.95 bits per heavy atom. The molecule has 0 fully saturated rings. The number of aromatic nitrogens is 3. The maximum atomic E-state index is 11.6. The van der Waals surface area contributed by atoms with E-state index in [0.717, 1.165) is 41.1 Å². The van der Waals surface area contributed by atoms with Crippen LogP contribution >= 0.6 is 0 Å². The van der Waals surface area contributed by atoms with Crippen molar-refractivity contribution in [3.8, 4) is 0 Å². The Bertz CT molecular complexity index is 702. The Balaban J connectivity index is 2.18. The number of amides is 1. The van der Waals surface area contributed by atoms with Gasteiger partial charge < -0.3 is 15.6 Å². The molecule has 2 aromatic heterocycles. The van der Waals surface area contributed by atoms with E-state index in [1.807, 2.05) is 34.6 Å². The molecule has 6 nitrogen and oxygen atoms in total. The van der Waals surface area contributed by atoms with Crippen molar-refractivity contribution in [1.82, 2.24) is 19.9 Å². The van der Waals surface area contributed by atoms with Gasteiger partial charge in [0.25, 0.3) is 0 Å². The smallest absolute Gasteiger partial charge is 0.222 e. The molecular weight excluding hydrogens is 278 g/mol. The molecule has 6 heteroatoms. The molecule has 0 aromatic carbocycles. The molecule has 2 rings (SSSR count). The number of rotatable bonds is 5. The number of pyridine rings is 1. The summed E-state index contributed by atoms with van der Waals surface area (Å²) in [5.74, 6) is 1.51. The van der Waals surface area contributed by atoms with E-state index in [2.05, 4.69) is 19.9 Å². The summed E-state index contributed by atoms with van der Waals surface area (Å²) in [5, 5.41) is 2.94. The monoisotopic (exact) mass is 303 g/mol. The van der Waals surface area contributed by atoms with Gasteiger partial charge in [0.1, 0.15) is 11.3 Å². The van der Waals surface area contributed by atoms with E-state index in [1.165, 1.54) is 0 Å². The molecule has 0 spiro atoms. The fourth-order valence-corrected chi connectivity index (χ4v) is 2.54. The zero-order valence-electron chi connectivity index (χ0n) is 14.0. The highest BCUT2D eigenvalue weighted by atomic mass is 16.1. The summed E-state index contributed by atoms with van der Waals surface area (Å²) in [6.45, 7) is 11.2. The van der Waals surface area contributed by atoms with Crippen LogP contribution in [-0.4, -0.2) is 27.0 Å². The maximum Gasteiger partial charge on any atom is 0.222 e. The van der Waals surface area contributed by atoms with Gasteiger partial charge in [-0.15, -0.1) is 0 Å². The second-order valence-electron chi connectivity index (χ2n) is 6.01. The minimum absolute atomic E-state index is 0.0200. The van der Waals surface area contributed by atoms with Crippen LogP contribution < -0.4 is 11.1 Å². The average molecular weight is 303 g/mol. The summed E-state index contributed by atoms with van der Waals surface area (Å²) in [7, 11) is 0. The highest BCUT2D eigenvalue weighted by Crippen LogP contribution is 2.25. The topological polar surface area (TPSA) is 85.8 Å². The van der Waals surface area contributed by atoms with Crippen LogP contribution in [0.4, 0.5) is 5.82 Å². The van der Waals surface area contributed by atoms with Crippen LogP contribution in [-0.2, 0) is 11.3 Å². The second-order valence-corrected chi connectivity index (χ2v) is 6.01. The first kappa shape index (κ1) is 16.3. The lowest BCUT2D eigenvalue weighted by atomic mass is 10.2. The van der Waals surface area contributed by atoms with Gasteiger partial charge in [-0.05, 0) is 32.8 Å². The van der Waals surface area contributed by atoms with Gasteiger partial charge in [-0.2, -0.15) is 0 Å². The molecule has 0 aliphatic heterocycles. The number of carbonyl (C=O) groups excluding carboxylic acids is 1. The number of nitrogens with one attached hydrogen (secondary N) is 1. The first-order chi connectivity index (χ1) is 10.3. The van der Waals surface area contributed by atoms with Gasteiger partial charge in [-0.1, -0.05) is 13.8 Å². The Hall–Kier alpha value is -2.11. The zero-order valence-corrected chi connectivity index (χ0v) is 14.0. The molecule has 2 heterocycles. The summed E-state index contributed by atoms with van der Waals surface area (Å²) in [5.41, 5.74) is 9.85. The molecule has 2 aromatic rings. The van der Waals surface area contributed by atoms with E-state index in [1.54, 1.807) is 0 Å². The fraction of sp³-hybridized carbons (Fsp3) is 0.562. The van der Waals surface area contributed by atoms with E-state index < -0.39 is 0 Å². The summed E-state index contributed by atoms with van der Waals surface area (Å²) in [4.78, 5) is 20.5. The summed E-state index contributed by atoms with van der Waals surface area (Å²) < 4.78 is 2.16. The number of nitrogens with two attached hydrogens (primary N) is 1. The molecule has 0 radical (unpaired) electrons. The van der Waals surface area contributed by atoms with Gasteiger partial charge in [0.15, 0.2) is 5.82 Å². The number of hydrogen-bond donors (Lipinski definition) is 2. The normalized spacial score (nSPS) is 11.4. The van der Waals surface area contributed by atoms with Crippen LogP contribution in [0.5, 0.6) is 0 Å². The predicted octanol–water partition coefficient (Wildman–Crippen LogP) is 2.10. The third kappa shape index (κ3) is 3.05. The van der Waals surface area contributed by atoms with Crippen molar-refractivity contribution in [2.24, 2.45) is 5.92 Å². The molecule has 1 amide bonds. The van der Waals surface area contributed by atoms with Crippen molar-refractivity contribution in [2.45, 2.75) is 47.6 Å². The number of aryl methyl sites for hydroxylation is 4. The van der Waals surface area contributed by atoms with Crippen LogP contribution in [0.15, 0.2) is 0 Å². The number of fused-ring (bicyclic) bond motifs is 1. The summed E-state index contributed by atoms with van der Waals surface area (Å²) in [6.07, 6.45) is 0.853. The van der Waals surface area contributed by atoms with Crippen molar-refractivity contribution in [1.29, 1.82) is 0 Å². The molecule has 0 aliphatic carbocycles. The Morgan fingerprint density at radius 3 is 2.59 bits per heavy atom. The first-order valence-electron chi connectivity index (χ1n) is 7.70. The lowest BCUT2D eigenvalue weighted by Crippen LogP contribution is -2.29. The SMILES string of the molecule is Cc1nc(N)c2nc(C)n(CCCNC(=O)C(C)C)c2c1C. The number of hydrogen-bond acceptors (Lipinski definition) is 4. The molecule has 0 saturated heterocycles. The highest BCUT2D eigenvalue weighted by molar-refractivity contribution is 5.88. The van der Waals surface area contributed by atoms with Crippen molar-refractivity contribution in [3.05, 3.63) is 17.1 Å². The molecule has 0 atom stereocenters. The molecule has 0 aliphatic rings. The van der Waals surface area contributed by atoms with Crippen LogP contribution in [0.25, 0.3) is 11.0 Å². The number of carbonyl (C=O) groups is 1. The predicted molar refractivity (Wildman–Crippen MR) is 88.6 cm³/mol. The van der Waals surface area contributed by atoms with Crippen molar-refractivity contribution >= 4 is 22.8 Å². The van der Waals surface area contributed by atoms with E-state index >= 15 is 0 Å². The standard InChI is InChI=1S/C16H25N5O/c1-9(2)16(22)18-7-6-8-21-12(5)20-13-14(21)10(3)11(4)19-15(13)17/h9H,6-8H2,1-5H3,(H2,17,19)(H,18,22). The number of imidazole rings is 1. The molecule has 0 bridgehead atoms. The Morgan fingerprint density at radius 1 is 1.27 bits per heavy atom. The molecule has 120 valence electrons. The van der Waals surface area contributed by atoms with Crippen LogP contribution in [0.1, 0.15) is 37.4 Å². The molecule has 3 N–H and O–H groups in total. The fourth-order valence-electron chi connectivity index (χ4n) is 2.54. The number of anilines is 1. The second kappa shape index (κ2) is 6.34. The minimum atomic E-state index is 0.0200. The molecule has 22 heavy (non-hydrogen) atoms. The van der Waals surface area contributed by atoms with Gasteiger partial charge in [0, 0.05) is 24.7 Å². The Kier molecular flexibility index (Phi) is 4.68. The van der Waals surface area contributed by atoms with Crippen molar-refractivity contribution in [2.75, 3.05) is 12.3 Å². The number of nitrogen functional groups attached to an aromatic ring is 1. The van der Waals surface area contributed by atoms with Crippen molar-refractivity contribution < 1.29 is 4.79 Å². The van der Waals surface area contributed by atoms with E-state index in [9.17, 15) is 4.79 Å². The van der Waals surface area contributed by atoms with Gasteiger partial charge in [0.2, 0.25) is 5.91 Å². The Labute approximate surface area is 131 Å². The zero-order chi connectivity index (χ0) is 16.4. The van der Waals surface area contributed by atoms with Crippen LogP contribution in [0.3, 0.4) is 0 Å². The molecule has 0 saturated carbocycles. The summed E-state index contributed by atoms with van der Waals surface area (Å²) >= 11 is 0. The third-order valence-electron chi connectivity index (χ3n) is 3.97. The van der Waals surface area contributed by atoms with Crippen molar-refractivity contribution in [3.63, 3.8) is 0 Å². The average Bonchev–Trinajstić information content (AvgIpc) is 2.78. The largest absolute Gasteiger partial charge is 0.382 e. The first-order valence-corrected chi connectivity index (χ1v) is 7.70. The minimum Gasteiger partial charge on any atom is -0.382 e. The van der Waals surface area contributed by atoms with E-state index in [-0.39, 0.29) is 11.8 Å². The van der Waals surface area contributed by atoms with Crippen LogP contribution in [0, 0.1) is 26.7 Å².